The van der Waals surface area contributed by atoms with Gasteiger partial charge < -0.3 is 14.7 Å². The highest BCUT2D eigenvalue weighted by Crippen LogP contribution is 2.58. The van der Waals surface area contributed by atoms with E-state index in [1.165, 1.54) is 5.56 Å². The highest BCUT2D eigenvalue weighted by Gasteiger charge is 2.57. The van der Waals surface area contributed by atoms with Gasteiger partial charge in [0.1, 0.15) is 5.78 Å². The molecular weight excluding hydrogens is 290 g/mol. The largest absolute Gasteiger partial charge is 0.504 e. The monoisotopic (exact) mass is 315 g/mol. The Morgan fingerprint density at radius 1 is 1.39 bits per heavy atom. The average Bonchev–Trinajstić information content (AvgIpc) is 2.52. The van der Waals surface area contributed by atoms with Crippen LogP contribution in [0.25, 0.3) is 0 Å². The molecule has 0 radical (unpaired) electrons. The van der Waals surface area contributed by atoms with Gasteiger partial charge in [-0.3, -0.25) is 4.79 Å². The van der Waals surface area contributed by atoms with Crippen LogP contribution in [-0.2, 0) is 16.6 Å². The lowest BCUT2D eigenvalue weighted by Crippen LogP contribution is -2.62. The van der Waals surface area contributed by atoms with Crippen LogP contribution in [0.15, 0.2) is 12.1 Å². The Bertz CT molecular complexity index is 671. The topological polar surface area (TPSA) is 49.8 Å². The molecule has 1 aliphatic heterocycles. The highest BCUT2D eigenvalue weighted by molar-refractivity contribution is 5.84. The summed E-state index contributed by atoms with van der Waals surface area (Å²) in [7, 11) is 3.79. The van der Waals surface area contributed by atoms with E-state index in [-0.39, 0.29) is 17.1 Å². The minimum atomic E-state index is -0.201. The summed E-state index contributed by atoms with van der Waals surface area (Å²) < 4.78 is 5.35. The lowest BCUT2D eigenvalue weighted by atomic mass is 9.50. The Morgan fingerprint density at radius 2 is 2.17 bits per heavy atom. The van der Waals surface area contributed by atoms with E-state index in [4.69, 9.17) is 4.74 Å². The van der Waals surface area contributed by atoms with Crippen LogP contribution in [0.3, 0.4) is 0 Å². The van der Waals surface area contributed by atoms with E-state index in [0.29, 0.717) is 29.9 Å². The summed E-state index contributed by atoms with van der Waals surface area (Å²) in [6.07, 6.45) is 3.40. The van der Waals surface area contributed by atoms with E-state index in [1.807, 2.05) is 6.07 Å². The molecular formula is C19H25NO3. The fourth-order valence-electron chi connectivity index (χ4n) is 5.43. The number of likely N-dealkylation sites (tertiary alicyclic amines) is 1. The van der Waals surface area contributed by atoms with Crippen molar-refractivity contribution < 1.29 is 14.6 Å². The number of likely N-dealkylation sites (N-methyl/N-ethyl adjacent to an activating group) is 1. The van der Waals surface area contributed by atoms with Crippen LogP contribution in [0.5, 0.6) is 11.5 Å². The van der Waals surface area contributed by atoms with Gasteiger partial charge in [-0.2, -0.15) is 0 Å². The predicted octanol–water partition coefficient (Wildman–Crippen LogP) is 2.51. The quantitative estimate of drug-likeness (QED) is 0.865. The van der Waals surface area contributed by atoms with E-state index in [9.17, 15) is 9.90 Å². The van der Waals surface area contributed by atoms with Gasteiger partial charge in [-0.25, -0.2) is 0 Å². The molecule has 1 heterocycles. The Morgan fingerprint density at radius 3 is 2.91 bits per heavy atom. The average molecular weight is 315 g/mol. The van der Waals surface area contributed by atoms with Crippen molar-refractivity contribution in [2.45, 2.75) is 44.1 Å². The van der Waals surface area contributed by atoms with Crippen molar-refractivity contribution in [3.8, 4) is 11.5 Å². The SMILES string of the molecule is COc1ccc2c(c1O)[C@]13CCN(C)[C@H](C2)[C@@H]1C[C@@H](C)C(=O)C3. The Balaban J connectivity index is 1.94. The van der Waals surface area contributed by atoms with Crippen LogP contribution in [0, 0.1) is 11.8 Å². The van der Waals surface area contributed by atoms with Crippen molar-refractivity contribution in [1.29, 1.82) is 0 Å². The van der Waals surface area contributed by atoms with E-state index in [0.717, 1.165) is 31.4 Å². The van der Waals surface area contributed by atoms with Crippen molar-refractivity contribution >= 4 is 5.78 Å². The lowest BCUT2D eigenvalue weighted by molar-refractivity contribution is -0.132. The van der Waals surface area contributed by atoms with Crippen LogP contribution in [0.2, 0.25) is 0 Å². The summed E-state index contributed by atoms with van der Waals surface area (Å²) in [5.74, 6) is 1.72. The normalized spacial score (nSPS) is 36.3. The van der Waals surface area contributed by atoms with E-state index in [1.54, 1.807) is 7.11 Å². The molecule has 1 saturated carbocycles. The van der Waals surface area contributed by atoms with Gasteiger partial charge in [-0.1, -0.05) is 13.0 Å². The summed E-state index contributed by atoms with van der Waals surface area (Å²) in [6, 6.07) is 4.41. The molecule has 4 atom stereocenters. The smallest absolute Gasteiger partial charge is 0.161 e. The molecule has 1 saturated heterocycles. The maximum Gasteiger partial charge on any atom is 0.161 e. The fraction of sp³-hybridized carbons (Fsp3) is 0.632. The number of phenols is 1. The van der Waals surface area contributed by atoms with Gasteiger partial charge in [0.05, 0.1) is 7.11 Å². The zero-order valence-corrected chi connectivity index (χ0v) is 14.1. The van der Waals surface area contributed by atoms with Gasteiger partial charge in [0.15, 0.2) is 11.5 Å². The van der Waals surface area contributed by atoms with Crippen molar-refractivity contribution in [3.05, 3.63) is 23.3 Å². The molecule has 0 spiro atoms. The molecule has 1 N–H and O–H groups in total. The number of fused-ring (bicyclic) bond motifs is 1. The molecule has 0 amide bonds. The second-order valence-corrected chi connectivity index (χ2v) is 7.70. The highest BCUT2D eigenvalue weighted by atomic mass is 16.5. The summed E-state index contributed by atoms with van der Waals surface area (Å²) in [4.78, 5) is 15.0. The van der Waals surface area contributed by atoms with Crippen molar-refractivity contribution in [3.63, 3.8) is 0 Å². The summed E-state index contributed by atoms with van der Waals surface area (Å²) >= 11 is 0. The second-order valence-electron chi connectivity index (χ2n) is 7.70. The molecule has 4 nitrogen and oxygen atoms in total. The van der Waals surface area contributed by atoms with Gasteiger partial charge in [-0.05, 0) is 50.4 Å². The van der Waals surface area contributed by atoms with Crippen LogP contribution >= 0.6 is 0 Å². The number of nitrogens with zero attached hydrogens (tertiary/aromatic N) is 1. The molecule has 0 unspecified atom stereocenters. The summed E-state index contributed by atoms with van der Waals surface area (Å²) in [6.45, 7) is 3.05. The Hall–Kier alpha value is -1.55. The fourth-order valence-corrected chi connectivity index (χ4v) is 5.43. The number of carbonyl (C=O) groups is 1. The van der Waals surface area contributed by atoms with E-state index < -0.39 is 0 Å². The second kappa shape index (κ2) is 4.97. The van der Waals surface area contributed by atoms with Gasteiger partial charge in [0.25, 0.3) is 0 Å². The number of hydrogen-bond donors (Lipinski definition) is 1. The molecule has 2 aliphatic carbocycles. The van der Waals surface area contributed by atoms with Crippen molar-refractivity contribution in [1.82, 2.24) is 4.90 Å². The third kappa shape index (κ3) is 1.90. The molecule has 3 aliphatic rings. The standard InChI is InChI=1S/C19H25NO3/c1-11-8-13-14-9-12-4-5-16(23-3)18(22)17(12)19(13,10-15(11)21)6-7-20(14)2/h4-5,11,13-14,22H,6-10H2,1-3H3/t11-,13+,14-,19+/m1/s1. The maximum absolute atomic E-state index is 12.6. The number of piperidine rings is 1. The third-order valence-corrected chi connectivity index (χ3v) is 6.67. The number of carbonyl (C=O) groups excluding carboxylic acids is 1. The first kappa shape index (κ1) is 15.0. The minimum Gasteiger partial charge on any atom is -0.504 e. The van der Waals surface area contributed by atoms with Crippen molar-refractivity contribution in [2.75, 3.05) is 20.7 Å². The molecule has 0 aromatic heterocycles. The molecule has 124 valence electrons. The zero-order chi connectivity index (χ0) is 16.4. The Labute approximate surface area is 137 Å². The maximum atomic E-state index is 12.6. The van der Waals surface area contributed by atoms with Gasteiger partial charge >= 0.3 is 0 Å². The first-order valence-corrected chi connectivity index (χ1v) is 8.60. The summed E-state index contributed by atoms with van der Waals surface area (Å²) in [5.41, 5.74) is 2.00. The van der Waals surface area contributed by atoms with Gasteiger partial charge in [0, 0.05) is 29.4 Å². The molecule has 2 bridgehead atoms. The number of phenolic OH excluding ortho intramolecular Hbond substituents is 1. The lowest BCUT2D eigenvalue weighted by Gasteiger charge is -2.58. The first-order valence-electron chi connectivity index (χ1n) is 8.60. The van der Waals surface area contributed by atoms with E-state index in [2.05, 4.69) is 24.9 Å². The molecule has 23 heavy (non-hydrogen) atoms. The molecule has 1 aromatic rings. The predicted molar refractivity (Wildman–Crippen MR) is 88.0 cm³/mol. The van der Waals surface area contributed by atoms with Crippen molar-refractivity contribution in [2.24, 2.45) is 11.8 Å². The third-order valence-electron chi connectivity index (χ3n) is 6.67. The number of benzene rings is 1. The van der Waals surface area contributed by atoms with Crippen LogP contribution in [-0.4, -0.2) is 42.5 Å². The van der Waals surface area contributed by atoms with E-state index >= 15 is 0 Å². The van der Waals surface area contributed by atoms with Crippen LogP contribution in [0.1, 0.15) is 37.3 Å². The molecule has 1 aromatic carbocycles. The zero-order valence-electron chi connectivity index (χ0n) is 14.1. The number of Topliss-reactive ketones (excluding diaryl/α,β-unsaturated/α-hetero) is 1. The number of ether oxygens (including phenoxy) is 1. The minimum absolute atomic E-state index is 0.136. The summed E-state index contributed by atoms with van der Waals surface area (Å²) in [5, 5.41) is 10.8. The van der Waals surface area contributed by atoms with Crippen LogP contribution < -0.4 is 4.74 Å². The first-order chi connectivity index (χ1) is 11.0. The number of methoxy groups -OCH3 is 1. The molecule has 4 heteroatoms. The number of hydrogen-bond acceptors (Lipinski definition) is 4. The van der Waals surface area contributed by atoms with Gasteiger partial charge in [-0.15, -0.1) is 0 Å². The molecule has 4 rings (SSSR count). The van der Waals surface area contributed by atoms with Crippen LogP contribution in [0.4, 0.5) is 0 Å². The number of ketones is 1. The Kier molecular flexibility index (Phi) is 3.24. The number of rotatable bonds is 1. The number of aromatic hydroxyl groups is 1. The molecule has 2 fully saturated rings. The van der Waals surface area contributed by atoms with Gasteiger partial charge in [0.2, 0.25) is 0 Å².